The number of ether oxygens (including phenoxy) is 1. The molecule has 0 spiro atoms. The fraction of sp³-hybridized carbons (Fsp3) is 0.533. The molecule has 1 aliphatic carbocycles. The molecule has 0 radical (unpaired) electrons. The van der Waals surface area contributed by atoms with Gasteiger partial charge in [0, 0.05) is 24.1 Å². The Morgan fingerprint density at radius 1 is 1.45 bits per heavy atom. The van der Waals surface area contributed by atoms with Crippen LogP contribution in [-0.4, -0.2) is 30.8 Å². The maximum atomic E-state index is 12.3. The SMILES string of the molecule is COc1ccc(C(=O)NC2CCCCC2CO)cc1Br. The predicted octanol–water partition coefficient (Wildman–Crippen LogP) is 2.74. The topological polar surface area (TPSA) is 58.6 Å². The van der Waals surface area contributed by atoms with E-state index in [1.807, 2.05) is 0 Å². The third-order valence-corrected chi connectivity index (χ3v) is 4.49. The fourth-order valence-corrected chi connectivity index (χ4v) is 3.22. The lowest BCUT2D eigenvalue weighted by Gasteiger charge is -2.30. The number of amides is 1. The van der Waals surface area contributed by atoms with Crippen molar-refractivity contribution in [3.63, 3.8) is 0 Å². The molecule has 0 bridgehead atoms. The largest absolute Gasteiger partial charge is 0.496 e. The highest BCUT2D eigenvalue weighted by molar-refractivity contribution is 9.10. The standard InChI is InChI=1S/C15H20BrNO3/c1-20-14-7-6-10(8-12(14)16)15(19)17-13-5-3-2-4-11(13)9-18/h6-8,11,13,18H,2-5,9H2,1H3,(H,17,19). The first-order valence-electron chi connectivity index (χ1n) is 6.91. The Kier molecular flexibility index (Phi) is 5.43. The van der Waals surface area contributed by atoms with Crippen LogP contribution in [-0.2, 0) is 0 Å². The van der Waals surface area contributed by atoms with Gasteiger partial charge in [-0.1, -0.05) is 12.8 Å². The van der Waals surface area contributed by atoms with Gasteiger partial charge in [0.25, 0.3) is 5.91 Å². The lowest BCUT2D eigenvalue weighted by atomic mass is 9.85. The molecule has 1 fully saturated rings. The van der Waals surface area contributed by atoms with E-state index in [9.17, 15) is 9.90 Å². The summed E-state index contributed by atoms with van der Waals surface area (Å²) >= 11 is 3.38. The van der Waals surface area contributed by atoms with Crippen LogP contribution in [0.25, 0.3) is 0 Å². The first-order valence-corrected chi connectivity index (χ1v) is 7.70. The third kappa shape index (κ3) is 3.52. The molecule has 2 atom stereocenters. The van der Waals surface area contributed by atoms with Crippen LogP contribution in [0.2, 0.25) is 0 Å². The van der Waals surface area contributed by atoms with Gasteiger partial charge in [-0.15, -0.1) is 0 Å². The van der Waals surface area contributed by atoms with Crippen molar-refractivity contribution >= 4 is 21.8 Å². The van der Waals surface area contributed by atoms with E-state index < -0.39 is 0 Å². The van der Waals surface area contributed by atoms with E-state index in [1.54, 1.807) is 25.3 Å². The number of carbonyl (C=O) groups excluding carboxylic acids is 1. The van der Waals surface area contributed by atoms with E-state index >= 15 is 0 Å². The number of hydrogen-bond acceptors (Lipinski definition) is 3. The summed E-state index contributed by atoms with van der Waals surface area (Å²) in [6.07, 6.45) is 4.15. The number of hydrogen-bond donors (Lipinski definition) is 2. The summed E-state index contributed by atoms with van der Waals surface area (Å²) in [6.45, 7) is 0.136. The van der Waals surface area contributed by atoms with Crippen LogP contribution in [0.5, 0.6) is 5.75 Å². The number of nitrogens with one attached hydrogen (secondary N) is 1. The molecule has 0 aromatic heterocycles. The van der Waals surface area contributed by atoms with E-state index in [0.29, 0.717) is 11.3 Å². The molecule has 5 heteroatoms. The monoisotopic (exact) mass is 341 g/mol. The van der Waals surface area contributed by atoms with Crippen LogP contribution in [0.4, 0.5) is 0 Å². The van der Waals surface area contributed by atoms with Gasteiger partial charge >= 0.3 is 0 Å². The van der Waals surface area contributed by atoms with Gasteiger partial charge in [0.1, 0.15) is 5.75 Å². The van der Waals surface area contributed by atoms with Crippen molar-refractivity contribution in [1.82, 2.24) is 5.32 Å². The number of carbonyl (C=O) groups is 1. The maximum absolute atomic E-state index is 12.3. The van der Waals surface area contributed by atoms with Crippen LogP contribution in [0.15, 0.2) is 22.7 Å². The van der Waals surface area contributed by atoms with Crippen molar-refractivity contribution < 1.29 is 14.6 Å². The smallest absolute Gasteiger partial charge is 0.251 e. The van der Waals surface area contributed by atoms with E-state index in [2.05, 4.69) is 21.2 Å². The van der Waals surface area contributed by atoms with Gasteiger partial charge in [-0.3, -0.25) is 4.79 Å². The number of rotatable bonds is 4. The minimum Gasteiger partial charge on any atom is -0.496 e. The zero-order chi connectivity index (χ0) is 14.5. The number of benzene rings is 1. The second kappa shape index (κ2) is 7.09. The average molecular weight is 342 g/mol. The van der Waals surface area contributed by atoms with Crippen molar-refractivity contribution in [1.29, 1.82) is 0 Å². The molecule has 1 saturated carbocycles. The van der Waals surface area contributed by atoms with Gasteiger partial charge in [0.15, 0.2) is 0 Å². The molecule has 1 aromatic carbocycles. The van der Waals surface area contributed by atoms with Crippen LogP contribution in [0.1, 0.15) is 36.0 Å². The van der Waals surface area contributed by atoms with E-state index in [1.165, 1.54) is 0 Å². The maximum Gasteiger partial charge on any atom is 0.251 e. The second-order valence-corrected chi connectivity index (χ2v) is 6.01. The molecule has 2 unspecified atom stereocenters. The minimum absolute atomic E-state index is 0.0714. The highest BCUT2D eigenvalue weighted by atomic mass is 79.9. The molecule has 1 aromatic rings. The predicted molar refractivity (Wildman–Crippen MR) is 81.0 cm³/mol. The first kappa shape index (κ1) is 15.3. The molecule has 2 N–H and O–H groups in total. The number of aliphatic hydroxyl groups is 1. The first-order chi connectivity index (χ1) is 9.65. The number of methoxy groups -OCH3 is 1. The summed E-state index contributed by atoms with van der Waals surface area (Å²) in [5.41, 5.74) is 0.597. The molecule has 1 aliphatic rings. The average Bonchev–Trinajstić information content (AvgIpc) is 2.47. The summed E-state index contributed by atoms with van der Waals surface area (Å²) in [7, 11) is 1.59. The molecule has 0 heterocycles. The van der Waals surface area contributed by atoms with Crippen molar-refractivity contribution in [3.05, 3.63) is 28.2 Å². The molecule has 2 rings (SSSR count). The van der Waals surface area contributed by atoms with Gasteiger partial charge in [-0.05, 0) is 47.0 Å². The van der Waals surface area contributed by atoms with Crippen LogP contribution < -0.4 is 10.1 Å². The Morgan fingerprint density at radius 3 is 2.85 bits per heavy atom. The number of aliphatic hydroxyl groups excluding tert-OH is 1. The summed E-state index contributed by atoms with van der Waals surface area (Å²) in [4.78, 5) is 12.3. The van der Waals surface area contributed by atoms with Crippen LogP contribution in [0.3, 0.4) is 0 Å². The zero-order valence-electron chi connectivity index (χ0n) is 11.6. The zero-order valence-corrected chi connectivity index (χ0v) is 13.1. The number of halogens is 1. The Bertz CT molecular complexity index is 478. The quantitative estimate of drug-likeness (QED) is 0.885. The van der Waals surface area contributed by atoms with Gasteiger partial charge < -0.3 is 15.2 Å². The molecular weight excluding hydrogens is 322 g/mol. The molecule has 110 valence electrons. The van der Waals surface area contributed by atoms with E-state index in [-0.39, 0.29) is 24.5 Å². The molecule has 20 heavy (non-hydrogen) atoms. The Labute approximate surface area is 127 Å². The molecule has 4 nitrogen and oxygen atoms in total. The lowest BCUT2D eigenvalue weighted by molar-refractivity contribution is 0.0872. The molecule has 0 aliphatic heterocycles. The van der Waals surface area contributed by atoms with Crippen molar-refractivity contribution in [3.8, 4) is 5.75 Å². The van der Waals surface area contributed by atoms with Gasteiger partial charge in [0.2, 0.25) is 0 Å². The normalized spacial score (nSPS) is 22.4. The second-order valence-electron chi connectivity index (χ2n) is 5.16. The summed E-state index contributed by atoms with van der Waals surface area (Å²) < 4.78 is 5.91. The van der Waals surface area contributed by atoms with Crippen LogP contribution >= 0.6 is 15.9 Å². The molecular formula is C15H20BrNO3. The van der Waals surface area contributed by atoms with Gasteiger partial charge in [-0.2, -0.15) is 0 Å². The highest BCUT2D eigenvalue weighted by Gasteiger charge is 2.26. The third-order valence-electron chi connectivity index (χ3n) is 3.87. The summed E-state index contributed by atoms with van der Waals surface area (Å²) in [5.74, 6) is 0.778. The molecule has 1 amide bonds. The van der Waals surface area contributed by atoms with E-state index in [4.69, 9.17) is 4.74 Å². The Hall–Kier alpha value is -1.07. The highest BCUT2D eigenvalue weighted by Crippen LogP contribution is 2.27. The lowest BCUT2D eigenvalue weighted by Crippen LogP contribution is -2.43. The summed E-state index contributed by atoms with van der Waals surface area (Å²) in [6, 6.07) is 5.34. The van der Waals surface area contributed by atoms with Crippen LogP contribution in [0, 0.1) is 5.92 Å². The molecule has 0 saturated heterocycles. The summed E-state index contributed by atoms with van der Waals surface area (Å²) in [5, 5.41) is 12.4. The van der Waals surface area contributed by atoms with Crippen molar-refractivity contribution in [2.75, 3.05) is 13.7 Å². The van der Waals surface area contributed by atoms with Crippen molar-refractivity contribution in [2.45, 2.75) is 31.7 Å². The Morgan fingerprint density at radius 2 is 2.20 bits per heavy atom. The van der Waals surface area contributed by atoms with Crippen molar-refractivity contribution in [2.24, 2.45) is 5.92 Å². The minimum atomic E-state index is -0.0984. The van der Waals surface area contributed by atoms with E-state index in [0.717, 1.165) is 30.2 Å². The fourth-order valence-electron chi connectivity index (χ4n) is 2.68. The Balaban J connectivity index is 2.05. The van der Waals surface area contributed by atoms with Gasteiger partial charge in [0.05, 0.1) is 11.6 Å². The van der Waals surface area contributed by atoms with Gasteiger partial charge in [-0.25, -0.2) is 0 Å².